The Hall–Kier alpha value is -1.42. The lowest BCUT2D eigenvalue weighted by atomic mass is 10.1. The predicted molar refractivity (Wildman–Crippen MR) is 62.9 cm³/mol. The summed E-state index contributed by atoms with van der Waals surface area (Å²) in [5.41, 5.74) is 1.39. The van der Waals surface area contributed by atoms with Crippen molar-refractivity contribution >= 4 is 11.6 Å². The number of hydrogen-bond acceptors (Lipinski definition) is 2. The molecule has 0 aromatic heterocycles. The Morgan fingerprint density at radius 2 is 2.19 bits per heavy atom. The molecule has 0 saturated carbocycles. The average molecular weight is 224 g/mol. The summed E-state index contributed by atoms with van der Waals surface area (Å²) in [5.74, 6) is -0.599. The van der Waals surface area contributed by atoms with Crippen LogP contribution < -0.4 is 10.6 Å². The van der Waals surface area contributed by atoms with Crippen LogP contribution in [-0.2, 0) is 4.79 Å². The molecule has 3 nitrogen and oxygen atoms in total. The van der Waals surface area contributed by atoms with E-state index in [-0.39, 0.29) is 17.6 Å². The van der Waals surface area contributed by atoms with Gasteiger partial charge in [0.1, 0.15) is 5.82 Å². The maximum atomic E-state index is 13.0. The third kappa shape index (κ3) is 3.31. The van der Waals surface area contributed by atoms with Crippen molar-refractivity contribution in [3.63, 3.8) is 0 Å². The maximum absolute atomic E-state index is 13.0. The molecule has 4 heteroatoms. The number of rotatable bonds is 4. The van der Waals surface area contributed by atoms with E-state index in [1.54, 1.807) is 13.1 Å². The number of anilines is 1. The van der Waals surface area contributed by atoms with Crippen molar-refractivity contribution in [2.45, 2.75) is 13.8 Å². The van der Waals surface area contributed by atoms with E-state index < -0.39 is 0 Å². The standard InChI is InChI=1S/C12H17FN2O/c1-8-4-5-10(13)6-11(8)15-12(16)9(2)7-14-3/h4-6,9,14H,7H2,1-3H3,(H,15,16). The molecule has 1 rings (SSSR count). The highest BCUT2D eigenvalue weighted by Gasteiger charge is 2.13. The van der Waals surface area contributed by atoms with Crippen molar-refractivity contribution < 1.29 is 9.18 Å². The molecule has 0 saturated heterocycles. The molecular weight excluding hydrogens is 207 g/mol. The average Bonchev–Trinajstić information content (AvgIpc) is 2.23. The van der Waals surface area contributed by atoms with Crippen LogP contribution in [0.25, 0.3) is 0 Å². The molecule has 0 aliphatic heterocycles. The largest absolute Gasteiger partial charge is 0.325 e. The minimum absolute atomic E-state index is 0.108. The first-order valence-corrected chi connectivity index (χ1v) is 5.26. The number of hydrogen-bond donors (Lipinski definition) is 2. The van der Waals surface area contributed by atoms with Crippen molar-refractivity contribution in [1.29, 1.82) is 0 Å². The Labute approximate surface area is 95.0 Å². The van der Waals surface area contributed by atoms with Gasteiger partial charge in [-0.3, -0.25) is 4.79 Å². The molecule has 0 aliphatic rings. The molecule has 16 heavy (non-hydrogen) atoms. The quantitative estimate of drug-likeness (QED) is 0.820. The van der Waals surface area contributed by atoms with Crippen molar-refractivity contribution in [1.82, 2.24) is 5.32 Å². The second-order valence-corrected chi connectivity index (χ2v) is 3.91. The maximum Gasteiger partial charge on any atom is 0.228 e. The first kappa shape index (κ1) is 12.6. The molecule has 0 heterocycles. The minimum Gasteiger partial charge on any atom is -0.325 e. The molecule has 0 fully saturated rings. The Bertz CT molecular complexity index is 379. The summed E-state index contributed by atoms with van der Waals surface area (Å²) in [6.45, 7) is 4.25. The molecule has 0 radical (unpaired) electrons. The third-order valence-electron chi connectivity index (χ3n) is 2.42. The lowest BCUT2D eigenvalue weighted by Crippen LogP contribution is -2.28. The second kappa shape index (κ2) is 5.61. The topological polar surface area (TPSA) is 41.1 Å². The summed E-state index contributed by atoms with van der Waals surface area (Å²) < 4.78 is 13.0. The highest BCUT2D eigenvalue weighted by Crippen LogP contribution is 2.16. The van der Waals surface area contributed by atoms with E-state index in [0.717, 1.165) is 5.56 Å². The van der Waals surface area contributed by atoms with Crippen LogP contribution in [-0.4, -0.2) is 19.5 Å². The number of nitrogens with one attached hydrogen (secondary N) is 2. The van der Waals surface area contributed by atoms with Gasteiger partial charge in [0.15, 0.2) is 0 Å². The second-order valence-electron chi connectivity index (χ2n) is 3.91. The summed E-state index contributed by atoms with van der Waals surface area (Å²) >= 11 is 0. The van der Waals surface area contributed by atoms with Crippen LogP contribution in [0.3, 0.4) is 0 Å². The van der Waals surface area contributed by atoms with Crippen LogP contribution in [0.4, 0.5) is 10.1 Å². The Kier molecular flexibility index (Phi) is 4.43. The highest BCUT2D eigenvalue weighted by molar-refractivity contribution is 5.93. The first-order valence-electron chi connectivity index (χ1n) is 5.26. The zero-order valence-electron chi connectivity index (χ0n) is 9.80. The molecule has 1 aromatic rings. The fraction of sp³-hybridized carbons (Fsp3) is 0.417. The molecule has 1 unspecified atom stereocenters. The van der Waals surface area contributed by atoms with Gasteiger partial charge in [-0.2, -0.15) is 0 Å². The fourth-order valence-corrected chi connectivity index (χ4v) is 1.38. The summed E-state index contributed by atoms with van der Waals surface area (Å²) in [6.07, 6.45) is 0. The number of carbonyl (C=O) groups is 1. The van der Waals surface area contributed by atoms with Gasteiger partial charge in [-0.1, -0.05) is 13.0 Å². The molecule has 0 bridgehead atoms. The Morgan fingerprint density at radius 3 is 2.81 bits per heavy atom. The number of amides is 1. The van der Waals surface area contributed by atoms with Crippen molar-refractivity contribution in [3.8, 4) is 0 Å². The van der Waals surface area contributed by atoms with Gasteiger partial charge in [-0.15, -0.1) is 0 Å². The first-order chi connectivity index (χ1) is 7.54. The van der Waals surface area contributed by atoms with E-state index in [1.165, 1.54) is 12.1 Å². The van der Waals surface area contributed by atoms with E-state index in [9.17, 15) is 9.18 Å². The number of halogens is 1. The zero-order valence-corrected chi connectivity index (χ0v) is 9.80. The predicted octanol–water partition coefficient (Wildman–Crippen LogP) is 1.93. The van der Waals surface area contributed by atoms with E-state index in [4.69, 9.17) is 0 Å². The van der Waals surface area contributed by atoms with Gasteiger partial charge in [0.05, 0.1) is 0 Å². The third-order valence-corrected chi connectivity index (χ3v) is 2.42. The van der Waals surface area contributed by atoms with Gasteiger partial charge in [0, 0.05) is 18.2 Å². The molecule has 1 amide bonds. The van der Waals surface area contributed by atoms with Crippen LogP contribution in [0.1, 0.15) is 12.5 Å². The van der Waals surface area contributed by atoms with E-state index in [1.807, 2.05) is 13.8 Å². The van der Waals surface area contributed by atoms with E-state index in [2.05, 4.69) is 10.6 Å². The van der Waals surface area contributed by atoms with E-state index >= 15 is 0 Å². The summed E-state index contributed by atoms with van der Waals surface area (Å²) in [4.78, 5) is 11.7. The van der Waals surface area contributed by atoms with Crippen LogP contribution in [0.5, 0.6) is 0 Å². The molecule has 2 N–H and O–H groups in total. The van der Waals surface area contributed by atoms with Gasteiger partial charge in [-0.25, -0.2) is 4.39 Å². The number of benzene rings is 1. The van der Waals surface area contributed by atoms with Crippen molar-refractivity contribution in [2.24, 2.45) is 5.92 Å². The van der Waals surface area contributed by atoms with Gasteiger partial charge >= 0.3 is 0 Å². The van der Waals surface area contributed by atoms with Gasteiger partial charge < -0.3 is 10.6 Å². The fourth-order valence-electron chi connectivity index (χ4n) is 1.38. The van der Waals surface area contributed by atoms with Gasteiger partial charge in [0.2, 0.25) is 5.91 Å². The molecule has 0 spiro atoms. The molecule has 0 aliphatic carbocycles. The van der Waals surface area contributed by atoms with Crippen LogP contribution in [0, 0.1) is 18.7 Å². The number of aryl methyl sites for hydroxylation is 1. The molecule has 88 valence electrons. The zero-order chi connectivity index (χ0) is 12.1. The number of carbonyl (C=O) groups excluding carboxylic acids is 1. The van der Waals surface area contributed by atoms with Crippen molar-refractivity contribution in [2.75, 3.05) is 18.9 Å². The summed E-state index contributed by atoms with van der Waals surface area (Å²) in [7, 11) is 1.79. The Morgan fingerprint density at radius 1 is 1.50 bits per heavy atom. The van der Waals surface area contributed by atoms with E-state index in [0.29, 0.717) is 12.2 Å². The van der Waals surface area contributed by atoms with Gasteiger partial charge in [0.25, 0.3) is 0 Å². The lowest BCUT2D eigenvalue weighted by Gasteiger charge is -2.13. The Balaban J connectivity index is 2.72. The van der Waals surface area contributed by atoms with Crippen molar-refractivity contribution in [3.05, 3.63) is 29.6 Å². The monoisotopic (exact) mass is 224 g/mol. The van der Waals surface area contributed by atoms with Crippen LogP contribution >= 0.6 is 0 Å². The molecule has 1 aromatic carbocycles. The van der Waals surface area contributed by atoms with Gasteiger partial charge in [-0.05, 0) is 31.7 Å². The lowest BCUT2D eigenvalue weighted by molar-refractivity contribution is -0.119. The molecule has 1 atom stereocenters. The molecular formula is C12H17FN2O. The normalized spacial score (nSPS) is 12.2. The smallest absolute Gasteiger partial charge is 0.228 e. The van der Waals surface area contributed by atoms with Crippen LogP contribution in [0.15, 0.2) is 18.2 Å². The minimum atomic E-state index is -0.345. The SMILES string of the molecule is CNCC(C)C(=O)Nc1cc(F)ccc1C. The summed E-state index contributed by atoms with van der Waals surface area (Å²) in [5, 5.41) is 5.64. The van der Waals surface area contributed by atoms with Crippen LogP contribution in [0.2, 0.25) is 0 Å². The highest BCUT2D eigenvalue weighted by atomic mass is 19.1. The summed E-state index contributed by atoms with van der Waals surface area (Å²) in [6, 6.07) is 4.36.